The molecule has 2 unspecified atom stereocenters. The lowest BCUT2D eigenvalue weighted by atomic mass is 9.91. The maximum absolute atomic E-state index is 9.55. The van der Waals surface area contributed by atoms with E-state index in [9.17, 15) is 5.11 Å². The standard InChI is InChI=1S/C14H27NO/c1-4-5-6-7-12(2)15-10-8-14(9-11-15)13(3)16/h4,12-14,16H,1,5-11H2,2-3H3. The van der Waals surface area contributed by atoms with Crippen molar-refractivity contribution < 1.29 is 5.11 Å². The Morgan fingerprint density at radius 1 is 1.38 bits per heavy atom. The van der Waals surface area contributed by atoms with Crippen molar-refractivity contribution >= 4 is 0 Å². The molecule has 94 valence electrons. The molecular weight excluding hydrogens is 198 g/mol. The average Bonchev–Trinajstić information content (AvgIpc) is 2.29. The van der Waals surface area contributed by atoms with Gasteiger partial charge in [0.05, 0.1) is 6.10 Å². The van der Waals surface area contributed by atoms with Gasteiger partial charge >= 0.3 is 0 Å². The third-order valence-electron chi connectivity index (χ3n) is 3.91. The van der Waals surface area contributed by atoms with Crippen LogP contribution < -0.4 is 0 Å². The highest BCUT2D eigenvalue weighted by molar-refractivity contribution is 4.79. The van der Waals surface area contributed by atoms with Gasteiger partial charge in [0.1, 0.15) is 0 Å². The zero-order valence-electron chi connectivity index (χ0n) is 10.9. The van der Waals surface area contributed by atoms with E-state index in [-0.39, 0.29) is 6.10 Å². The molecule has 0 aromatic rings. The van der Waals surface area contributed by atoms with E-state index in [2.05, 4.69) is 18.4 Å². The number of aliphatic hydroxyl groups is 1. The number of rotatable bonds is 6. The molecule has 2 atom stereocenters. The van der Waals surface area contributed by atoms with Crippen LogP contribution in [-0.4, -0.2) is 35.2 Å². The fraction of sp³-hybridized carbons (Fsp3) is 0.857. The largest absolute Gasteiger partial charge is 0.393 e. The summed E-state index contributed by atoms with van der Waals surface area (Å²) >= 11 is 0. The van der Waals surface area contributed by atoms with Crippen LogP contribution in [0.25, 0.3) is 0 Å². The fourth-order valence-electron chi connectivity index (χ4n) is 2.58. The molecule has 1 N–H and O–H groups in total. The van der Waals surface area contributed by atoms with E-state index in [0.717, 1.165) is 32.4 Å². The highest BCUT2D eigenvalue weighted by atomic mass is 16.3. The Morgan fingerprint density at radius 2 is 2.00 bits per heavy atom. The molecule has 0 amide bonds. The Morgan fingerprint density at radius 3 is 2.50 bits per heavy atom. The van der Waals surface area contributed by atoms with Gasteiger partial charge in [0.15, 0.2) is 0 Å². The predicted octanol–water partition coefficient (Wildman–Crippen LogP) is 2.82. The number of likely N-dealkylation sites (tertiary alicyclic amines) is 1. The monoisotopic (exact) mass is 225 g/mol. The highest BCUT2D eigenvalue weighted by Crippen LogP contribution is 2.23. The maximum atomic E-state index is 9.55. The van der Waals surface area contributed by atoms with Crippen molar-refractivity contribution in [2.45, 2.75) is 58.1 Å². The van der Waals surface area contributed by atoms with E-state index >= 15 is 0 Å². The summed E-state index contributed by atoms with van der Waals surface area (Å²) in [5.74, 6) is 0.525. The van der Waals surface area contributed by atoms with E-state index in [4.69, 9.17) is 0 Å². The lowest BCUT2D eigenvalue weighted by Crippen LogP contribution is -2.41. The van der Waals surface area contributed by atoms with Crippen molar-refractivity contribution in [2.24, 2.45) is 5.92 Å². The van der Waals surface area contributed by atoms with Crippen molar-refractivity contribution in [2.75, 3.05) is 13.1 Å². The molecule has 0 aromatic heterocycles. The van der Waals surface area contributed by atoms with Gasteiger partial charge in [-0.25, -0.2) is 0 Å². The summed E-state index contributed by atoms with van der Waals surface area (Å²) in [5, 5.41) is 9.55. The molecule has 2 nitrogen and oxygen atoms in total. The van der Waals surface area contributed by atoms with Gasteiger partial charge in [-0.2, -0.15) is 0 Å². The van der Waals surface area contributed by atoms with Gasteiger partial charge in [-0.1, -0.05) is 6.08 Å². The van der Waals surface area contributed by atoms with Crippen LogP contribution in [0.4, 0.5) is 0 Å². The van der Waals surface area contributed by atoms with Crippen LogP contribution in [0.1, 0.15) is 46.0 Å². The normalized spacial score (nSPS) is 22.9. The highest BCUT2D eigenvalue weighted by Gasteiger charge is 2.24. The molecule has 0 bridgehead atoms. The number of nitrogens with zero attached hydrogens (tertiary/aromatic N) is 1. The Labute approximate surface area is 100 Å². The van der Waals surface area contributed by atoms with Crippen LogP contribution in [-0.2, 0) is 0 Å². The second-order valence-electron chi connectivity index (χ2n) is 5.18. The van der Waals surface area contributed by atoms with Gasteiger partial charge in [0.25, 0.3) is 0 Å². The summed E-state index contributed by atoms with van der Waals surface area (Å²) in [5.41, 5.74) is 0. The smallest absolute Gasteiger partial charge is 0.0541 e. The fourth-order valence-corrected chi connectivity index (χ4v) is 2.58. The van der Waals surface area contributed by atoms with E-state index < -0.39 is 0 Å². The van der Waals surface area contributed by atoms with Gasteiger partial charge in [-0.3, -0.25) is 0 Å². The molecule has 1 fully saturated rings. The molecule has 1 saturated heterocycles. The number of hydrogen-bond donors (Lipinski definition) is 1. The van der Waals surface area contributed by atoms with Crippen LogP contribution >= 0.6 is 0 Å². The van der Waals surface area contributed by atoms with E-state index in [1.165, 1.54) is 12.8 Å². The first-order chi connectivity index (χ1) is 7.65. The zero-order valence-corrected chi connectivity index (χ0v) is 10.9. The minimum Gasteiger partial charge on any atom is -0.393 e. The number of hydrogen-bond acceptors (Lipinski definition) is 2. The van der Waals surface area contributed by atoms with Gasteiger partial charge in [-0.15, -0.1) is 6.58 Å². The first-order valence-corrected chi connectivity index (χ1v) is 6.68. The minimum atomic E-state index is -0.127. The number of allylic oxidation sites excluding steroid dienone is 1. The number of piperidine rings is 1. The van der Waals surface area contributed by atoms with Crippen molar-refractivity contribution in [1.29, 1.82) is 0 Å². The zero-order chi connectivity index (χ0) is 12.0. The van der Waals surface area contributed by atoms with E-state index in [1.807, 2.05) is 13.0 Å². The Bertz CT molecular complexity index is 195. The summed E-state index contributed by atoms with van der Waals surface area (Å²) in [6, 6.07) is 0.690. The maximum Gasteiger partial charge on any atom is 0.0541 e. The molecule has 0 radical (unpaired) electrons. The summed E-state index contributed by atoms with van der Waals surface area (Å²) in [7, 11) is 0. The summed E-state index contributed by atoms with van der Waals surface area (Å²) in [6.45, 7) is 10.3. The van der Waals surface area contributed by atoms with Crippen LogP contribution in [0, 0.1) is 5.92 Å². The Balaban J connectivity index is 2.22. The number of unbranched alkanes of at least 4 members (excludes halogenated alkanes) is 1. The van der Waals surface area contributed by atoms with Crippen LogP contribution in [0.15, 0.2) is 12.7 Å². The first kappa shape index (κ1) is 13.7. The SMILES string of the molecule is C=CCCCC(C)N1CCC(C(C)O)CC1. The second-order valence-corrected chi connectivity index (χ2v) is 5.18. The molecule has 2 heteroatoms. The van der Waals surface area contributed by atoms with E-state index in [1.54, 1.807) is 0 Å². The van der Waals surface area contributed by atoms with Crippen LogP contribution in [0.2, 0.25) is 0 Å². The van der Waals surface area contributed by atoms with Gasteiger partial charge in [0, 0.05) is 6.04 Å². The molecule has 1 rings (SSSR count). The lowest BCUT2D eigenvalue weighted by molar-refractivity contribution is 0.0569. The molecule has 0 aromatic carbocycles. The first-order valence-electron chi connectivity index (χ1n) is 6.68. The van der Waals surface area contributed by atoms with Gasteiger partial charge in [0.2, 0.25) is 0 Å². The molecule has 16 heavy (non-hydrogen) atoms. The average molecular weight is 225 g/mol. The molecule has 0 aliphatic carbocycles. The van der Waals surface area contributed by atoms with Crippen molar-refractivity contribution in [3.63, 3.8) is 0 Å². The lowest BCUT2D eigenvalue weighted by Gasteiger charge is -2.37. The van der Waals surface area contributed by atoms with Crippen molar-refractivity contribution in [3.05, 3.63) is 12.7 Å². The third kappa shape index (κ3) is 4.26. The topological polar surface area (TPSA) is 23.5 Å². The molecule has 1 aliphatic rings. The van der Waals surface area contributed by atoms with Crippen LogP contribution in [0.3, 0.4) is 0 Å². The number of aliphatic hydroxyl groups excluding tert-OH is 1. The van der Waals surface area contributed by atoms with Crippen LogP contribution in [0.5, 0.6) is 0 Å². The summed E-state index contributed by atoms with van der Waals surface area (Å²) < 4.78 is 0. The molecular formula is C14H27NO. The quantitative estimate of drug-likeness (QED) is 0.555. The molecule has 1 aliphatic heterocycles. The minimum absolute atomic E-state index is 0.127. The second kappa shape index (κ2) is 7.08. The summed E-state index contributed by atoms with van der Waals surface area (Å²) in [4.78, 5) is 2.57. The van der Waals surface area contributed by atoms with Gasteiger partial charge < -0.3 is 10.0 Å². The van der Waals surface area contributed by atoms with E-state index in [0.29, 0.717) is 12.0 Å². The summed E-state index contributed by atoms with van der Waals surface area (Å²) in [6.07, 6.45) is 7.85. The van der Waals surface area contributed by atoms with Gasteiger partial charge in [-0.05, 0) is 65.0 Å². The molecule has 1 heterocycles. The predicted molar refractivity (Wildman–Crippen MR) is 69.5 cm³/mol. The molecule has 0 saturated carbocycles. The Hall–Kier alpha value is -0.340. The van der Waals surface area contributed by atoms with Crippen molar-refractivity contribution in [1.82, 2.24) is 4.90 Å². The molecule has 0 spiro atoms. The Kier molecular flexibility index (Phi) is 6.07. The third-order valence-corrected chi connectivity index (χ3v) is 3.91. The van der Waals surface area contributed by atoms with Crippen molar-refractivity contribution in [3.8, 4) is 0 Å².